The van der Waals surface area contributed by atoms with Crippen LogP contribution in [-0.4, -0.2) is 21.5 Å². The molecule has 2 aromatic rings. The number of rotatable bonds is 2. The van der Waals surface area contributed by atoms with Crippen molar-refractivity contribution in [1.82, 2.24) is 9.97 Å². The van der Waals surface area contributed by atoms with Crippen LogP contribution in [0.25, 0.3) is 10.9 Å². The lowest BCUT2D eigenvalue weighted by atomic mass is 10.1. The Hall–Kier alpha value is -2.04. The number of ether oxygens (including phenoxy) is 1. The lowest BCUT2D eigenvalue weighted by Crippen LogP contribution is -2.25. The van der Waals surface area contributed by atoms with Gasteiger partial charge in [0.25, 0.3) is 0 Å². The normalized spacial score (nSPS) is 11.6. The maximum atomic E-state index is 13.8. The van der Waals surface area contributed by atoms with E-state index in [1.165, 1.54) is 12.4 Å². The van der Waals surface area contributed by atoms with Gasteiger partial charge in [0.1, 0.15) is 17.7 Å². The predicted octanol–water partition coefficient (Wildman–Crippen LogP) is 2.65. The number of hydrogen-bond acceptors (Lipinski definition) is 4. The summed E-state index contributed by atoms with van der Waals surface area (Å²) in [6, 6.07) is 4.57. The standard InChI is InChI=1S/C14H15FN2O2/c1-14(2,3)19-12(18)7-11-13-9(15)5-4-6-10(13)16-8-17-11/h4-6,8H,7H2,1-3H3. The zero-order valence-electron chi connectivity index (χ0n) is 11.1. The van der Waals surface area contributed by atoms with Crippen molar-refractivity contribution in [2.24, 2.45) is 0 Å². The number of aromatic nitrogens is 2. The quantitative estimate of drug-likeness (QED) is 0.781. The van der Waals surface area contributed by atoms with Gasteiger partial charge < -0.3 is 4.74 Å². The molecule has 0 radical (unpaired) electrons. The van der Waals surface area contributed by atoms with Gasteiger partial charge in [0.2, 0.25) is 0 Å². The van der Waals surface area contributed by atoms with Crippen molar-refractivity contribution >= 4 is 16.9 Å². The molecular formula is C14H15FN2O2. The number of esters is 1. The van der Waals surface area contributed by atoms with E-state index in [0.717, 1.165) is 0 Å². The Balaban J connectivity index is 2.33. The molecule has 2 rings (SSSR count). The molecule has 0 saturated carbocycles. The van der Waals surface area contributed by atoms with Gasteiger partial charge in [-0.05, 0) is 32.9 Å². The summed E-state index contributed by atoms with van der Waals surface area (Å²) in [6.45, 7) is 5.34. The fourth-order valence-corrected chi connectivity index (χ4v) is 1.78. The number of carbonyl (C=O) groups is 1. The van der Waals surface area contributed by atoms with Gasteiger partial charge in [-0.1, -0.05) is 6.07 Å². The van der Waals surface area contributed by atoms with Crippen LogP contribution in [0.1, 0.15) is 26.5 Å². The summed E-state index contributed by atoms with van der Waals surface area (Å²) in [4.78, 5) is 19.7. The van der Waals surface area contributed by atoms with E-state index in [1.54, 1.807) is 32.9 Å². The average Bonchev–Trinajstić information content (AvgIpc) is 2.26. The average molecular weight is 262 g/mol. The fraction of sp³-hybridized carbons (Fsp3) is 0.357. The van der Waals surface area contributed by atoms with E-state index in [0.29, 0.717) is 11.2 Å². The number of carbonyl (C=O) groups excluding carboxylic acids is 1. The predicted molar refractivity (Wildman–Crippen MR) is 69.0 cm³/mol. The molecule has 0 unspecified atom stereocenters. The lowest BCUT2D eigenvalue weighted by molar-refractivity contribution is -0.153. The van der Waals surface area contributed by atoms with Crippen molar-refractivity contribution in [1.29, 1.82) is 0 Å². The molecule has 1 aromatic heterocycles. The summed E-state index contributed by atoms with van der Waals surface area (Å²) in [7, 11) is 0. The zero-order valence-corrected chi connectivity index (χ0v) is 11.1. The molecule has 19 heavy (non-hydrogen) atoms. The van der Waals surface area contributed by atoms with Gasteiger partial charge in [-0.2, -0.15) is 0 Å². The molecule has 100 valence electrons. The van der Waals surface area contributed by atoms with Crippen LogP contribution in [0.15, 0.2) is 24.5 Å². The van der Waals surface area contributed by atoms with E-state index in [4.69, 9.17) is 4.74 Å². The molecule has 0 N–H and O–H groups in total. The minimum atomic E-state index is -0.571. The largest absolute Gasteiger partial charge is 0.460 e. The molecule has 1 heterocycles. The SMILES string of the molecule is CC(C)(C)OC(=O)Cc1ncnc2cccc(F)c12. The number of fused-ring (bicyclic) bond motifs is 1. The number of hydrogen-bond donors (Lipinski definition) is 0. The number of halogens is 1. The molecule has 1 aromatic carbocycles. The van der Waals surface area contributed by atoms with Gasteiger partial charge in [-0.25, -0.2) is 14.4 Å². The second kappa shape index (κ2) is 4.91. The third-order valence-corrected chi connectivity index (χ3v) is 2.42. The first-order chi connectivity index (χ1) is 8.87. The molecule has 0 bridgehead atoms. The second-order valence-corrected chi connectivity index (χ2v) is 5.22. The molecule has 0 aliphatic carbocycles. The van der Waals surface area contributed by atoms with Crippen LogP contribution in [0, 0.1) is 5.82 Å². The van der Waals surface area contributed by atoms with E-state index >= 15 is 0 Å². The second-order valence-electron chi connectivity index (χ2n) is 5.22. The highest BCUT2D eigenvalue weighted by Gasteiger charge is 2.19. The highest BCUT2D eigenvalue weighted by molar-refractivity contribution is 5.85. The first kappa shape index (κ1) is 13.4. The van der Waals surface area contributed by atoms with Crippen LogP contribution in [0.3, 0.4) is 0 Å². The van der Waals surface area contributed by atoms with Crippen LogP contribution >= 0.6 is 0 Å². The van der Waals surface area contributed by atoms with Gasteiger partial charge in [-0.3, -0.25) is 4.79 Å². The van der Waals surface area contributed by atoms with E-state index in [9.17, 15) is 9.18 Å². The van der Waals surface area contributed by atoms with Crippen LogP contribution in [0.5, 0.6) is 0 Å². The molecule has 0 aliphatic rings. The summed E-state index contributed by atoms with van der Waals surface area (Å²) < 4.78 is 19.0. The van der Waals surface area contributed by atoms with E-state index in [1.807, 2.05) is 0 Å². The first-order valence-electron chi connectivity index (χ1n) is 5.97. The molecular weight excluding hydrogens is 247 g/mol. The summed E-state index contributed by atoms with van der Waals surface area (Å²) >= 11 is 0. The van der Waals surface area contributed by atoms with Crippen molar-refractivity contribution in [3.05, 3.63) is 36.0 Å². The van der Waals surface area contributed by atoms with E-state index < -0.39 is 17.4 Å². The maximum absolute atomic E-state index is 13.8. The third-order valence-electron chi connectivity index (χ3n) is 2.42. The van der Waals surface area contributed by atoms with Gasteiger partial charge in [0, 0.05) is 0 Å². The van der Waals surface area contributed by atoms with Crippen molar-refractivity contribution < 1.29 is 13.9 Å². The smallest absolute Gasteiger partial charge is 0.312 e. The molecule has 5 heteroatoms. The monoisotopic (exact) mass is 262 g/mol. The highest BCUT2D eigenvalue weighted by atomic mass is 19.1. The Morgan fingerprint density at radius 2 is 2.05 bits per heavy atom. The zero-order chi connectivity index (χ0) is 14.0. The number of benzene rings is 1. The molecule has 4 nitrogen and oxygen atoms in total. The Kier molecular flexibility index (Phi) is 3.46. The summed E-state index contributed by atoms with van der Waals surface area (Å²) in [5.41, 5.74) is 0.254. The van der Waals surface area contributed by atoms with Gasteiger partial charge >= 0.3 is 5.97 Å². The Morgan fingerprint density at radius 1 is 1.32 bits per heavy atom. The van der Waals surface area contributed by atoms with Crippen LogP contribution in [0.2, 0.25) is 0 Å². The Morgan fingerprint density at radius 3 is 2.74 bits per heavy atom. The topological polar surface area (TPSA) is 52.1 Å². The molecule has 0 fully saturated rings. The Labute approximate surface area is 110 Å². The van der Waals surface area contributed by atoms with Crippen molar-refractivity contribution in [2.75, 3.05) is 0 Å². The summed E-state index contributed by atoms with van der Waals surface area (Å²) in [6.07, 6.45) is 1.25. The summed E-state index contributed by atoms with van der Waals surface area (Å²) in [5.74, 6) is -0.868. The highest BCUT2D eigenvalue weighted by Crippen LogP contribution is 2.19. The molecule has 0 aliphatic heterocycles. The van der Waals surface area contributed by atoms with Gasteiger partial charge in [0.05, 0.1) is 23.0 Å². The number of nitrogens with zero attached hydrogens (tertiary/aromatic N) is 2. The maximum Gasteiger partial charge on any atom is 0.312 e. The minimum absolute atomic E-state index is 0.0722. The van der Waals surface area contributed by atoms with Gasteiger partial charge in [0.15, 0.2) is 0 Å². The van der Waals surface area contributed by atoms with Gasteiger partial charge in [-0.15, -0.1) is 0 Å². The fourth-order valence-electron chi connectivity index (χ4n) is 1.78. The first-order valence-corrected chi connectivity index (χ1v) is 5.97. The lowest BCUT2D eigenvalue weighted by Gasteiger charge is -2.19. The van der Waals surface area contributed by atoms with Crippen LogP contribution in [-0.2, 0) is 16.0 Å². The summed E-state index contributed by atoms with van der Waals surface area (Å²) in [5, 5.41) is 0.274. The van der Waals surface area contributed by atoms with Crippen molar-refractivity contribution in [3.63, 3.8) is 0 Å². The molecule has 0 amide bonds. The third kappa shape index (κ3) is 3.24. The minimum Gasteiger partial charge on any atom is -0.460 e. The van der Waals surface area contributed by atoms with E-state index in [-0.39, 0.29) is 11.8 Å². The molecule has 0 atom stereocenters. The molecule has 0 spiro atoms. The van der Waals surface area contributed by atoms with Crippen molar-refractivity contribution in [2.45, 2.75) is 32.8 Å². The van der Waals surface area contributed by atoms with Crippen LogP contribution in [0.4, 0.5) is 4.39 Å². The van der Waals surface area contributed by atoms with E-state index in [2.05, 4.69) is 9.97 Å². The molecule has 0 saturated heterocycles. The Bertz CT molecular complexity index is 615. The van der Waals surface area contributed by atoms with Crippen LogP contribution < -0.4 is 0 Å². The van der Waals surface area contributed by atoms with Crippen molar-refractivity contribution in [3.8, 4) is 0 Å².